The van der Waals surface area contributed by atoms with E-state index in [1.807, 2.05) is 44.3 Å². The van der Waals surface area contributed by atoms with Gasteiger partial charge in [0.2, 0.25) is 0 Å². The lowest BCUT2D eigenvalue weighted by Gasteiger charge is -2.37. The van der Waals surface area contributed by atoms with Crippen LogP contribution in [0.25, 0.3) is 0 Å². The number of carbonyl (C=O) groups excluding carboxylic acids is 1. The quantitative estimate of drug-likeness (QED) is 0.546. The normalized spacial score (nSPS) is 20.2. The number of likely N-dealkylation sites (tertiary alicyclic amines) is 1. The van der Waals surface area contributed by atoms with Gasteiger partial charge in [0.15, 0.2) is 0 Å². The van der Waals surface area contributed by atoms with Gasteiger partial charge in [0.25, 0.3) is 0 Å². The van der Waals surface area contributed by atoms with Crippen molar-refractivity contribution in [2.24, 2.45) is 5.92 Å². The molecule has 1 N–H and O–H groups in total. The van der Waals surface area contributed by atoms with Gasteiger partial charge in [-0.1, -0.05) is 23.7 Å². The third-order valence-electron chi connectivity index (χ3n) is 6.59. The lowest BCUT2D eigenvalue weighted by atomic mass is 9.82. The van der Waals surface area contributed by atoms with Crippen molar-refractivity contribution in [3.63, 3.8) is 0 Å². The summed E-state index contributed by atoms with van der Waals surface area (Å²) in [6, 6.07) is 11.7. The van der Waals surface area contributed by atoms with E-state index in [0.717, 1.165) is 54.4 Å². The van der Waals surface area contributed by atoms with Crippen LogP contribution in [0.3, 0.4) is 0 Å². The maximum Gasteiger partial charge on any atom is 0.321 e. The van der Waals surface area contributed by atoms with Crippen molar-refractivity contribution >= 4 is 23.3 Å². The number of urea groups is 1. The molecular weight excluding hydrogens is 438 g/mol. The first-order valence-corrected chi connectivity index (χ1v) is 12.1. The summed E-state index contributed by atoms with van der Waals surface area (Å²) < 4.78 is 11.5. The molecule has 1 heterocycles. The minimum absolute atomic E-state index is 0.136. The van der Waals surface area contributed by atoms with Crippen molar-refractivity contribution < 1.29 is 14.3 Å². The van der Waals surface area contributed by atoms with Crippen LogP contribution in [-0.2, 0) is 6.54 Å². The smallest absolute Gasteiger partial charge is 0.321 e. The van der Waals surface area contributed by atoms with Gasteiger partial charge < -0.3 is 19.7 Å². The zero-order valence-electron chi connectivity index (χ0n) is 19.8. The molecule has 1 aliphatic carbocycles. The summed E-state index contributed by atoms with van der Waals surface area (Å²) in [6.07, 6.45) is 4.58. The summed E-state index contributed by atoms with van der Waals surface area (Å²) in [5.41, 5.74) is 2.92. The van der Waals surface area contributed by atoms with Gasteiger partial charge in [0.05, 0.1) is 18.9 Å². The topological polar surface area (TPSA) is 54.0 Å². The molecule has 2 aromatic rings. The first-order valence-electron chi connectivity index (χ1n) is 11.8. The molecule has 1 saturated heterocycles. The number of carbonyl (C=O) groups is 1. The molecule has 7 heteroatoms. The third kappa shape index (κ3) is 6.12. The molecule has 2 aliphatic rings. The van der Waals surface area contributed by atoms with E-state index in [2.05, 4.69) is 16.3 Å². The van der Waals surface area contributed by atoms with Crippen LogP contribution < -0.4 is 14.8 Å². The fourth-order valence-electron chi connectivity index (χ4n) is 4.62. The number of nitrogens with one attached hydrogen (secondary N) is 1. The predicted molar refractivity (Wildman–Crippen MR) is 132 cm³/mol. The Morgan fingerprint density at radius 1 is 1.18 bits per heavy atom. The zero-order valence-corrected chi connectivity index (χ0v) is 20.5. The molecule has 0 aromatic heterocycles. The maximum atomic E-state index is 12.6. The monoisotopic (exact) mass is 471 g/mol. The van der Waals surface area contributed by atoms with Gasteiger partial charge in [0.1, 0.15) is 11.5 Å². The van der Waals surface area contributed by atoms with Gasteiger partial charge in [0, 0.05) is 25.2 Å². The summed E-state index contributed by atoms with van der Waals surface area (Å²) in [7, 11) is 3.43. The number of benzene rings is 2. The van der Waals surface area contributed by atoms with Crippen molar-refractivity contribution in [2.75, 3.05) is 39.1 Å². The molecule has 33 heavy (non-hydrogen) atoms. The number of methoxy groups -OCH3 is 1. The minimum Gasteiger partial charge on any atom is -0.495 e. The van der Waals surface area contributed by atoms with Crippen molar-refractivity contribution in [1.29, 1.82) is 0 Å². The van der Waals surface area contributed by atoms with Crippen molar-refractivity contribution in [3.05, 3.63) is 52.5 Å². The summed E-state index contributed by atoms with van der Waals surface area (Å²) in [5.74, 6) is 1.91. The summed E-state index contributed by atoms with van der Waals surface area (Å²) in [5, 5.41) is 3.73. The summed E-state index contributed by atoms with van der Waals surface area (Å²) in [6.45, 7) is 5.90. The van der Waals surface area contributed by atoms with Crippen LogP contribution in [0, 0.1) is 12.8 Å². The van der Waals surface area contributed by atoms with Gasteiger partial charge in [-0.15, -0.1) is 0 Å². The number of nitrogens with zero attached hydrogens (tertiary/aromatic N) is 2. The molecule has 0 spiro atoms. The number of ether oxygens (including phenoxy) is 2. The highest BCUT2D eigenvalue weighted by molar-refractivity contribution is 6.31. The zero-order chi connectivity index (χ0) is 23.4. The average Bonchev–Trinajstić information content (AvgIpc) is 3.27. The Morgan fingerprint density at radius 3 is 2.64 bits per heavy atom. The second kappa shape index (κ2) is 10.7. The predicted octanol–water partition coefficient (Wildman–Crippen LogP) is 5.57. The van der Waals surface area contributed by atoms with Gasteiger partial charge in [-0.25, -0.2) is 4.79 Å². The second-order valence-corrected chi connectivity index (χ2v) is 9.74. The molecule has 0 radical (unpaired) electrons. The van der Waals surface area contributed by atoms with Gasteiger partial charge >= 0.3 is 6.03 Å². The molecule has 6 nitrogen and oxygen atoms in total. The first-order chi connectivity index (χ1) is 15.9. The molecule has 2 amide bonds. The van der Waals surface area contributed by atoms with E-state index in [-0.39, 0.29) is 12.1 Å². The van der Waals surface area contributed by atoms with Crippen LogP contribution in [0.4, 0.5) is 10.5 Å². The first kappa shape index (κ1) is 23.7. The Hall–Kier alpha value is -2.44. The third-order valence-corrected chi connectivity index (χ3v) is 6.94. The second-order valence-electron chi connectivity index (χ2n) is 9.33. The fraction of sp³-hybridized carbons (Fsp3) is 0.500. The Kier molecular flexibility index (Phi) is 7.66. The number of hydrogen-bond donors (Lipinski definition) is 1. The molecule has 1 saturated carbocycles. The highest BCUT2D eigenvalue weighted by atomic mass is 35.5. The van der Waals surface area contributed by atoms with Crippen molar-refractivity contribution in [1.82, 2.24) is 9.80 Å². The number of aryl methyl sites for hydroxylation is 1. The summed E-state index contributed by atoms with van der Waals surface area (Å²) >= 11 is 6.52. The fourth-order valence-corrected chi connectivity index (χ4v) is 4.85. The van der Waals surface area contributed by atoms with E-state index >= 15 is 0 Å². The van der Waals surface area contributed by atoms with E-state index in [1.165, 1.54) is 12.8 Å². The minimum atomic E-state index is -0.136. The van der Waals surface area contributed by atoms with E-state index in [4.69, 9.17) is 21.1 Å². The highest BCUT2D eigenvalue weighted by Gasteiger charge is 2.32. The molecule has 2 aromatic carbocycles. The Labute approximate surface area is 201 Å². The average molecular weight is 472 g/mol. The van der Waals surface area contributed by atoms with Crippen LogP contribution in [0.1, 0.15) is 36.8 Å². The van der Waals surface area contributed by atoms with Crippen LogP contribution in [0.2, 0.25) is 5.02 Å². The van der Waals surface area contributed by atoms with Gasteiger partial charge in [-0.05, 0) is 87.0 Å². The lowest BCUT2D eigenvalue weighted by molar-refractivity contribution is 0.0532. The van der Waals surface area contributed by atoms with Crippen molar-refractivity contribution in [3.8, 4) is 11.5 Å². The van der Waals surface area contributed by atoms with E-state index in [9.17, 15) is 4.79 Å². The number of amides is 2. The number of halogens is 1. The molecule has 1 aliphatic heterocycles. The van der Waals surface area contributed by atoms with Crippen LogP contribution in [0.15, 0.2) is 36.4 Å². The molecule has 178 valence electrons. The standard InChI is InChI=1S/C26H34ClN3O3/c1-18-6-9-25(32-3)24(12-18)28-26(31)29(2)16-19-13-22(14-19)33-21-8-7-20(23(27)15-21)17-30-10-4-5-11-30/h6-9,12,15,19,22H,4-5,10-11,13-14,16-17H2,1-3H3,(H,28,31). The van der Waals surface area contributed by atoms with Crippen LogP contribution in [0.5, 0.6) is 11.5 Å². The maximum absolute atomic E-state index is 12.6. The number of anilines is 1. The molecule has 2 fully saturated rings. The van der Waals surface area contributed by atoms with Crippen LogP contribution in [-0.4, -0.2) is 55.7 Å². The molecule has 0 atom stereocenters. The van der Waals surface area contributed by atoms with Gasteiger partial charge in [-0.2, -0.15) is 0 Å². The highest BCUT2D eigenvalue weighted by Crippen LogP contribution is 2.34. The Morgan fingerprint density at radius 2 is 1.94 bits per heavy atom. The van der Waals surface area contributed by atoms with E-state index in [0.29, 0.717) is 23.9 Å². The molecule has 4 rings (SSSR count). The number of rotatable bonds is 8. The largest absolute Gasteiger partial charge is 0.495 e. The van der Waals surface area contributed by atoms with E-state index in [1.54, 1.807) is 12.0 Å². The molecule has 0 unspecified atom stereocenters. The van der Waals surface area contributed by atoms with Crippen molar-refractivity contribution in [2.45, 2.75) is 45.3 Å². The lowest BCUT2D eigenvalue weighted by Crippen LogP contribution is -2.43. The Bertz CT molecular complexity index is 971. The number of hydrogen-bond acceptors (Lipinski definition) is 4. The van der Waals surface area contributed by atoms with Crippen LogP contribution >= 0.6 is 11.6 Å². The molecular formula is C26H34ClN3O3. The molecule has 0 bridgehead atoms. The SMILES string of the molecule is COc1ccc(C)cc1NC(=O)N(C)CC1CC(Oc2ccc(CN3CCCC3)c(Cl)c2)C1. The summed E-state index contributed by atoms with van der Waals surface area (Å²) in [4.78, 5) is 16.8. The Balaban J connectivity index is 1.22. The van der Waals surface area contributed by atoms with Gasteiger partial charge in [-0.3, -0.25) is 4.90 Å². The van der Waals surface area contributed by atoms with E-state index < -0.39 is 0 Å².